The van der Waals surface area contributed by atoms with Crippen LogP contribution >= 0.6 is 0 Å². The fourth-order valence-electron chi connectivity index (χ4n) is 3.53. The van der Waals surface area contributed by atoms with Gasteiger partial charge in [-0.15, -0.1) is 0 Å². The quantitative estimate of drug-likeness (QED) is 0.129. The molecule has 0 spiro atoms. The Hall–Kier alpha value is -4.23. The van der Waals surface area contributed by atoms with E-state index < -0.39 is 64.8 Å². The van der Waals surface area contributed by atoms with E-state index >= 15 is 0 Å². The molecule has 0 aliphatic rings. The molecule has 0 aliphatic carbocycles. The van der Waals surface area contributed by atoms with Gasteiger partial charge in [0.1, 0.15) is 17.1 Å². The van der Waals surface area contributed by atoms with Crippen LogP contribution in [0.25, 0.3) is 6.08 Å². The first kappa shape index (κ1) is 35.0. The minimum atomic E-state index is -5.03. The largest absolute Gasteiger partial charge is 0.464 e. The third-order valence-electron chi connectivity index (χ3n) is 5.37. The summed E-state index contributed by atoms with van der Waals surface area (Å²) in [6.45, 7) is 7.53. The van der Waals surface area contributed by atoms with Gasteiger partial charge in [0.05, 0.1) is 24.3 Å². The van der Waals surface area contributed by atoms with Gasteiger partial charge in [0.2, 0.25) is 5.54 Å². The van der Waals surface area contributed by atoms with Crippen molar-refractivity contribution >= 4 is 24.1 Å². The highest BCUT2D eigenvalue weighted by Gasteiger charge is 2.50. The summed E-state index contributed by atoms with van der Waals surface area (Å²) in [5, 5.41) is 2.27. The lowest BCUT2D eigenvalue weighted by Crippen LogP contribution is -2.61. The molecular weight excluding hydrogens is 588 g/mol. The number of rotatable bonds is 10. The van der Waals surface area contributed by atoms with Gasteiger partial charge in [0.25, 0.3) is 0 Å². The predicted molar refractivity (Wildman–Crippen MR) is 142 cm³/mol. The average Bonchev–Trinajstić information content (AvgIpc) is 2.87. The molecule has 0 bridgehead atoms. The van der Waals surface area contributed by atoms with Gasteiger partial charge in [-0.1, -0.05) is 24.3 Å². The number of halogens is 6. The van der Waals surface area contributed by atoms with Crippen LogP contribution in [0.2, 0.25) is 0 Å². The molecule has 1 amide bonds. The zero-order chi connectivity index (χ0) is 32.6. The monoisotopic (exact) mass is 619 g/mol. The second-order valence-corrected chi connectivity index (χ2v) is 9.99. The van der Waals surface area contributed by atoms with Gasteiger partial charge in [0, 0.05) is 6.42 Å². The molecule has 0 atom stereocenters. The zero-order valence-electron chi connectivity index (χ0n) is 23.9. The Bertz CT molecular complexity index is 1260. The Morgan fingerprint density at radius 2 is 1.26 bits per heavy atom. The summed E-state index contributed by atoms with van der Waals surface area (Å²) in [4.78, 5) is 38.4. The highest BCUT2D eigenvalue weighted by atomic mass is 19.4. The molecule has 2 rings (SSSR count). The number of benzene rings is 2. The van der Waals surface area contributed by atoms with Crippen LogP contribution in [0.5, 0.6) is 11.5 Å². The van der Waals surface area contributed by atoms with Crippen LogP contribution in [0.1, 0.15) is 57.7 Å². The van der Waals surface area contributed by atoms with Crippen LogP contribution in [0.15, 0.2) is 48.5 Å². The second kappa shape index (κ2) is 13.8. The van der Waals surface area contributed by atoms with Crippen LogP contribution in [0.3, 0.4) is 0 Å². The van der Waals surface area contributed by atoms with E-state index in [1.807, 2.05) is 0 Å². The molecule has 14 heteroatoms. The normalized spacial score (nSPS) is 12.5. The van der Waals surface area contributed by atoms with Crippen LogP contribution in [-0.2, 0) is 36.2 Å². The number of alkyl halides is 6. The lowest BCUT2D eigenvalue weighted by Gasteiger charge is -2.30. The van der Waals surface area contributed by atoms with E-state index in [0.29, 0.717) is 17.7 Å². The summed E-state index contributed by atoms with van der Waals surface area (Å²) >= 11 is 0. The molecule has 1 N–H and O–H groups in total. The van der Waals surface area contributed by atoms with Gasteiger partial charge in [-0.2, -0.15) is 26.3 Å². The third kappa shape index (κ3) is 10.2. The van der Waals surface area contributed by atoms with Gasteiger partial charge < -0.3 is 18.9 Å². The number of hydrogen-bond donors (Lipinski definition) is 1. The van der Waals surface area contributed by atoms with Gasteiger partial charge in [-0.05, 0) is 70.5 Å². The SMILES string of the molecule is CCOC(=O)C(CC=Cc1ccc(Oc2cc(C(F)(F)F)cc(C(F)(F)F)c2)cc1)(NC(=O)OC(C)(C)C)C(=O)OCC. The number of esters is 2. The summed E-state index contributed by atoms with van der Waals surface area (Å²) in [6, 6.07) is 6.30. The molecule has 8 nitrogen and oxygen atoms in total. The topological polar surface area (TPSA) is 100 Å². The lowest BCUT2D eigenvalue weighted by atomic mass is 9.94. The first-order valence-corrected chi connectivity index (χ1v) is 12.9. The zero-order valence-corrected chi connectivity index (χ0v) is 23.9. The fraction of sp³-hybridized carbons (Fsp3) is 0.414. The molecule has 0 unspecified atom stereocenters. The number of nitrogens with one attached hydrogen (secondary N) is 1. The maximum Gasteiger partial charge on any atom is 0.416 e. The van der Waals surface area contributed by atoms with Crippen LogP contribution in [0, 0.1) is 0 Å². The smallest absolute Gasteiger partial charge is 0.416 e. The summed E-state index contributed by atoms with van der Waals surface area (Å²) in [5.41, 5.74) is -5.87. The molecule has 0 aromatic heterocycles. The lowest BCUT2D eigenvalue weighted by molar-refractivity contribution is -0.166. The van der Waals surface area contributed by atoms with Crippen molar-refractivity contribution in [3.8, 4) is 11.5 Å². The molecule has 0 radical (unpaired) electrons. The first-order valence-electron chi connectivity index (χ1n) is 12.9. The summed E-state index contributed by atoms with van der Waals surface area (Å²) in [5.74, 6) is -2.92. The molecule has 43 heavy (non-hydrogen) atoms. The van der Waals surface area contributed by atoms with E-state index in [4.69, 9.17) is 18.9 Å². The minimum Gasteiger partial charge on any atom is -0.464 e. The van der Waals surface area contributed by atoms with Crippen LogP contribution in [0.4, 0.5) is 31.1 Å². The fourth-order valence-corrected chi connectivity index (χ4v) is 3.53. The Kier molecular flexibility index (Phi) is 11.2. The van der Waals surface area contributed by atoms with E-state index in [-0.39, 0.29) is 25.0 Å². The van der Waals surface area contributed by atoms with Crippen molar-refractivity contribution in [2.24, 2.45) is 0 Å². The Labute approximate surface area is 243 Å². The van der Waals surface area contributed by atoms with E-state index in [0.717, 1.165) is 0 Å². The molecule has 2 aromatic carbocycles. The summed E-state index contributed by atoms with van der Waals surface area (Å²) in [6.07, 6.45) is -8.76. The highest BCUT2D eigenvalue weighted by molar-refractivity contribution is 6.07. The maximum absolute atomic E-state index is 13.1. The average molecular weight is 620 g/mol. The first-order chi connectivity index (χ1) is 19.8. The van der Waals surface area contributed by atoms with E-state index in [2.05, 4.69) is 5.32 Å². The van der Waals surface area contributed by atoms with Gasteiger partial charge in [-0.25, -0.2) is 14.4 Å². The van der Waals surface area contributed by atoms with E-state index in [9.17, 15) is 40.7 Å². The molecule has 0 saturated carbocycles. The van der Waals surface area contributed by atoms with Crippen molar-refractivity contribution in [3.05, 3.63) is 65.2 Å². The van der Waals surface area contributed by atoms with Crippen LogP contribution < -0.4 is 10.1 Å². The van der Waals surface area contributed by atoms with Crippen molar-refractivity contribution in [1.82, 2.24) is 5.32 Å². The number of amides is 1. The van der Waals surface area contributed by atoms with Crippen molar-refractivity contribution in [3.63, 3.8) is 0 Å². The van der Waals surface area contributed by atoms with E-state index in [1.54, 1.807) is 20.8 Å². The second-order valence-electron chi connectivity index (χ2n) is 9.99. The molecule has 0 aliphatic heterocycles. The van der Waals surface area contributed by atoms with Gasteiger partial charge >= 0.3 is 30.4 Å². The minimum absolute atomic E-state index is 0.00888. The molecule has 0 saturated heterocycles. The van der Waals surface area contributed by atoms with Crippen molar-refractivity contribution in [1.29, 1.82) is 0 Å². The molecule has 2 aromatic rings. The Morgan fingerprint density at radius 3 is 1.67 bits per heavy atom. The number of carbonyl (C=O) groups excluding carboxylic acids is 3. The molecule has 236 valence electrons. The Balaban J connectivity index is 2.33. The van der Waals surface area contributed by atoms with Gasteiger partial charge in [0.15, 0.2) is 0 Å². The molecule has 0 fully saturated rings. The summed E-state index contributed by atoms with van der Waals surface area (Å²) < 4.78 is 99.4. The number of carbonyl (C=O) groups is 3. The third-order valence-corrected chi connectivity index (χ3v) is 5.37. The van der Waals surface area contributed by atoms with Crippen molar-refractivity contribution in [2.75, 3.05) is 13.2 Å². The Morgan fingerprint density at radius 1 is 0.767 bits per heavy atom. The maximum atomic E-state index is 13.1. The predicted octanol–water partition coefficient (Wildman–Crippen LogP) is 7.31. The van der Waals surface area contributed by atoms with E-state index in [1.165, 1.54) is 50.3 Å². The van der Waals surface area contributed by atoms with Crippen molar-refractivity contribution < 1.29 is 59.7 Å². The van der Waals surface area contributed by atoms with Crippen molar-refractivity contribution in [2.45, 2.75) is 64.5 Å². The molecule has 0 heterocycles. The number of ether oxygens (including phenoxy) is 4. The van der Waals surface area contributed by atoms with Crippen LogP contribution in [-0.4, -0.2) is 42.4 Å². The summed E-state index contributed by atoms with van der Waals surface area (Å²) in [7, 11) is 0. The molecular formula is C29H31F6NO7. The number of hydrogen-bond acceptors (Lipinski definition) is 7. The highest BCUT2D eigenvalue weighted by Crippen LogP contribution is 2.39. The van der Waals surface area contributed by atoms with Gasteiger partial charge in [-0.3, -0.25) is 5.32 Å². The number of alkyl carbamates (subject to hydrolysis) is 1. The standard InChI is InChI=1S/C29H31F6NO7/c1-6-40-23(37)27(24(38)41-7-2,36-25(39)43-26(3,4)5)14-8-9-18-10-12-21(13-11-18)42-22-16-19(28(30,31)32)15-20(17-22)29(33,34)35/h8-13,15-17H,6-7,14H2,1-5H3,(H,36,39).